The first-order valence-electron chi connectivity index (χ1n) is 6.62. The van der Waals surface area contributed by atoms with Crippen molar-refractivity contribution in [2.24, 2.45) is 5.92 Å². The number of carboxylic acids is 1. The van der Waals surface area contributed by atoms with Gasteiger partial charge in [-0.05, 0) is 24.0 Å². The summed E-state index contributed by atoms with van der Waals surface area (Å²) in [6, 6.07) is 5.71. The average molecular weight is 317 g/mol. The number of nitrogens with one attached hydrogen (secondary N) is 1. The third kappa shape index (κ3) is 4.37. The summed E-state index contributed by atoms with van der Waals surface area (Å²) in [5.41, 5.74) is 0.332. The first-order valence-corrected chi connectivity index (χ1v) is 6.62. The maximum absolute atomic E-state index is 12.3. The van der Waals surface area contributed by atoms with E-state index in [1.807, 2.05) is 0 Å². The molecule has 1 aliphatic rings. The van der Waals surface area contributed by atoms with Crippen LogP contribution in [0.5, 0.6) is 5.75 Å². The van der Waals surface area contributed by atoms with Crippen molar-refractivity contribution in [3.8, 4) is 5.75 Å². The number of aliphatic carboxylic acids is 1. The Kier molecular flexibility index (Phi) is 4.58. The van der Waals surface area contributed by atoms with Crippen LogP contribution in [0.25, 0.3) is 0 Å². The molecule has 22 heavy (non-hydrogen) atoms. The van der Waals surface area contributed by atoms with E-state index in [1.165, 1.54) is 18.2 Å². The van der Waals surface area contributed by atoms with Crippen LogP contribution in [-0.4, -0.2) is 29.9 Å². The molecular formula is C14H14F3NO4. The summed E-state index contributed by atoms with van der Waals surface area (Å²) >= 11 is 0. The number of hydrogen-bond donors (Lipinski definition) is 2. The van der Waals surface area contributed by atoms with Gasteiger partial charge in [0.1, 0.15) is 5.75 Å². The van der Waals surface area contributed by atoms with E-state index < -0.39 is 18.2 Å². The molecular weight excluding hydrogens is 303 g/mol. The highest BCUT2D eigenvalue weighted by molar-refractivity contribution is 5.83. The van der Waals surface area contributed by atoms with Gasteiger partial charge in [0.2, 0.25) is 5.91 Å². The van der Waals surface area contributed by atoms with E-state index in [9.17, 15) is 22.8 Å². The van der Waals surface area contributed by atoms with Crippen molar-refractivity contribution in [1.82, 2.24) is 5.32 Å². The first kappa shape index (κ1) is 16.1. The van der Waals surface area contributed by atoms with Crippen LogP contribution in [0.15, 0.2) is 24.3 Å². The van der Waals surface area contributed by atoms with Crippen molar-refractivity contribution < 1.29 is 32.6 Å². The van der Waals surface area contributed by atoms with E-state index in [0.29, 0.717) is 12.0 Å². The van der Waals surface area contributed by atoms with Gasteiger partial charge in [0.25, 0.3) is 0 Å². The monoisotopic (exact) mass is 317 g/mol. The summed E-state index contributed by atoms with van der Waals surface area (Å²) in [5, 5.41) is 10.9. The Morgan fingerprint density at radius 3 is 2.64 bits per heavy atom. The van der Waals surface area contributed by atoms with Crippen molar-refractivity contribution in [2.45, 2.75) is 25.1 Å². The van der Waals surface area contributed by atoms with Gasteiger partial charge in [-0.1, -0.05) is 18.2 Å². The Bertz CT molecular complexity index is 573. The minimum Gasteiger partial charge on any atom is -0.481 e. The average Bonchev–Trinajstić information content (AvgIpc) is 3.17. The molecule has 2 rings (SSSR count). The quantitative estimate of drug-likeness (QED) is 0.844. The fourth-order valence-corrected chi connectivity index (χ4v) is 2.26. The molecule has 1 fully saturated rings. The van der Waals surface area contributed by atoms with E-state index in [2.05, 4.69) is 10.1 Å². The van der Waals surface area contributed by atoms with Crippen LogP contribution in [0.3, 0.4) is 0 Å². The van der Waals surface area contributed by atoms with Crippen molar-refractivity contribution in [1.29, 1.82) is 0 Å². The number of ether oxygens (including phenoxy) is 1. The van der Waals surface area contributed by atoms with Gasteiger partial charge in [0.15, 0.2) is 0 Å². The summed E-state index contributed by atoms with van der Waals surface area (Å²) in [4.78, 5) is 22.2. The van der Waals surface area contributed by atoms with E-state index in [-0.39, 0.29) is 30.5 Å². The zero-order valence-electron chi connectivity index (χ0n) is 11.4. The second-order valence-corrected chi connectivity index (χ2v) is 4.97. The van der Waals surface area contributed by atoms with Crippen LogP contribution in [0, 0.1) is 5.92 Å². The Labute approximate surface area is 124 Å². The zero-order valence-corrected chi connectivity index (χ0v) is 11.4. The molecule has 1 aromatic carbocycles. The zero-order chi connectivity index (χ0) is 16.3. The summed E-state index contributed by atoms with van der Waals surface area (Å²) in [6.45, 7) is -0.00190. The smallest absolute Gasteiger partial charge is 0.481 e. The molecule has 0 heterocycles. The summed E-state index contributed by atoms with van der Waals surface area (Å²) in [5.74, 6) is -2.49. The van der Waals surface area contributed by atoms with Crippen molar-refractivity contribution in [3.63, 3.8) is 0 Å². The number of benzene rings is 1. The maximum Gasteiger partial charge on any atom is 0.573 e. The molecule has 2 atom stereocenters. The number of hydrogen-bond acceptors (Lipinski definition) is 3. The molecule has 0 spiro atoms. The Morgan fingerprint density at radius 1 is 1.32 bits per heavy atom. The topological polar surface area (TPSA) is 75.6 Å². The van der Waals surface area contributed by atoms with Gasteiger partial charge in [-0.25, -0.2) is 0 Å². The Hall–Kier alpha value is -2.25. The van der Waals surface area contributed by atoms with Crippen LogP contribution < -0.4 is 10.1 Å². The van der Waals surface area contributed by atoms with Gasteiger partial charge in [-0.3, -0.25) is 9.59 Å². The number of carboxylic acid groups (broad SMARTS) is 1. The normalized spacial score (nSPS) is 20.3. The number of amides is 1. The lowest BCUT2D eigenvalue weighted by molar-refractivity contribution is -0.274. The highest BCUT2D eigenvalue weighted by atomic mass is 19.4. The second kappa shape index (κ2) is 6.25. The molecule has 0 radical (unpaired) electrons. The van der Waals surface area contributed by atoms with E-state index >= 15 is 0 Å². The maximum atomic E-state index is 12.3. The second-order valence-electron chi connectivity index (χ2n) is 4.97. The minimum atomic E-state index is -4.79. The lowest BCUT2D eigenvalue weighted by Crippen LogP contribution is -2.27. The minimum absolute atomic E-state index is 0.00190. The van der Waals surface area contributed by atoms with Crippen molar-refractivity contribution in [2.75, 3.05) is 6.54 Å². The van der Waals surface area contributed by atoms with Crippen LogP contribution >= 0.6 is 0 Å². The molecule has 1 amide bonds. The third-order valence-electron chi connectivity index (χ3n) is 3.31. The van der Waals surface area contributed by atoms with E-state index in [0.717, 1.165) is 0 Å². The molecule has 0 aromatic heterocycles. The Balaban J connectivity index is 1.97. The van der Waals surface area contributed by atoms with Crippen LogP contribution in [0.4, 0.5) is 13.2 Å². The van der Waals surface area contributed by atoms with E-state index in [4.69, 9.17) is 5.11 Å². The molecule has 0 aliphatic heterocycles. The van der Waals surface area contributed by atoms with Gasteiger partial charge < -0.3 is 15.2 Å². The molecule has 1 saturated carbocycles. The number of carbonyl (C=O) groups excluding carboxylic acids is 1. The molecule has 5 nitrogen and oxygen atoms in total. The number of halogens is 3. The molecule has 1 aromatic rings. The van der Waals surface area contributed by atoms with Crippen LogP contribution in [-0.2, 0) is 9.59 Å². The number of rotatable bonds is 6. The molecule has 0 saturated heterocycles. The first-order chi connectivity index (χ1) is 10.3. The predicted octanol–water partition coefficient (Wildman–Crippen LogP) is 2.28. The molecule has 1 aliphatic carbocycles. The largest absolute Gasteiger partial charge is 0.573 e. The number of alkyl halides is 3. The third-order valence-corrected chi connectivity index (χ3v) is 3.31. The molecule has 2 N–H and O–H groups in total. The van der Waals surface area contributed by atoms with Gasteiger partial charge >= 0.3 is 12.3 Å². The number of carbonyl (C=O) groups is 2. The lowest BCUT2D eigenvalue weighted by atomic mass is 10.1. The summed E-state index contributed by atoms with van der Waals surface area (Å²) < 4.78 is 41.0. The fourth-order valence-electron chi connectivity index (χ4n) is 2.26. The molecule has 120 valence electrons. The predicted molar refractivity (Wildman–Crippen MR) is 69.2 cm³/mol. The molecule has 0 unspecified atom stereocenters. The standard InChI is InChI=1S/C14H14F3NO4/c15-14(16,17)22-11-4-2-1-3-8(11)9-7-10(9)13(21)18-6-5-12(19)20/h1-4,9-10H,5-7H2,(H,18,21)(H,19,20)/t9-,10+/m0/s1. The fraction of sp³-hybridized carbons (Fsp3) is 0.429. The molecule has 8 heteroatoms. The van der Waals surface area contributed by atoms with Crippen molar-refractivity contribution in [3.05, 3.63) is 29.8 Å². The van der Waals surface area contributed by atoms with Crippen molar-refractivity contribution >= 4 is 11.9 Å². The summed E-state index contributed by atoms with van der Waals surface area (Å²) in [6.07, 6.45) is -4.57. The lowest BCUT2D eigenvalue weighted by Gasteiger charge is -2.13. The highest BCUT2D eigenvalue weighted by Crippen LogP contribution is 2.50. The number of para-hydroxylation sites is 1. The van der Waals surface area contributed by atoms with Crippen LogP contribution in [0.2, 0.25) is 0 Å². The van der Waals surface area contributed by atoms with Gasteiger partial charge in [-0.15, -0.1) is 13.2 Å². The van der Waals surface area contributed by atoms with E-state index in [1.54, 1.807) is 6.07 Å². The highest BCUT2D eigenvalue weighted by Gasteiger charge is 2.46. The Morgan fingerprint density at radius 2 is 2.00 bits per heavy atom. The summed E-state index contributed by atoms with van der Waals surface area (Å²) in [7, 11) is 0. The van der Waals surface area contributed by atoms with Crippen LogP contribution in [0.1, 0.15) is 24.3 Å². The van der Waals surface area contributed by atoms with Gasteiger partial charge in [0, 0.05) is 12.5 Å². The van der Waals surface area contributed by atoms with Gasteiger partial charge in [-0.2, -0.15) is 0 Å². The molecule has 0 bridgehead atoms. The van der Waals surface area contributed by atoms with Gasteiger partial charge in [0.05, 0.1) is 6.42 Å². The SMILES string of the molecule is O=C(O)CCNC(=O)[C@@H]1C[C@H]1c1ccccc1OC(F)(F)F.